The second-order valence-corrected chi connectivity index (χ2v) is 7.33. The van der Waals surface area contributed by atoms with Gasteiger partial charge in [-0.25, -0.2) is 0 Å². The predicted molar refractivity (Wildman–Crippen MR) is 69.9 cm³/mol. The fourth-order valence-electron chi connectivity index (χ4n) is 4.64. The highest BCUT2D eigenvalue weighted by Gasteiger charge is 2.48. The third kappa shape index (κ3) is 1.84. The first kappa shape index (κ1) is 11.2. The molecule has 4 bridgehead atoms. The second kappa shape index (κ2) is 4.17. The van der Waals surface area contributed by atoms with E-state index in [4.69, 9.17) is 10.5 Å². The van der Waals surface area contributed by atoms with Gasteiger partial charge in [0.15, 0.2) is 0 Å². The topological polar surface area (TPSA) is 61.0 Å². The lowest BCUT2D eigenvalue weighted by Crippen LogP contribution is -2.49. The van der Waals surface area contributed by atoms with E-state index in [1.54, 1.807) is 0 Å². The van der Waals surface area contributed by atoms with Crippen LogP contribution in [0.1, 0.15) is 37.1 Å². The van der Waals surface area contributed by atoms with Gasteiger partial charge in [0.05, 0.1) is 6.10 Å². The number of ether oxygens (including phenoxy) is 1. The maximum absolute atomic E-state index is 6.17. The van der Waals surface area contributed by atoms with E-state index in [-0.39, 0.29) is 0 Å². The first-order chi connectivity index (χ1) is 8.78. The van der Waals surface area contributed by atoms with Crippen molar-refractivity contribution in [1.82, 2.24) is 10.2 Å². The molecule has 1 aromatic rings. The zero-order valence-electron chi connectivity index (χ0n) is 10.4. The summed E-state index contributed by atoms with van der Waals surface area (Å²) < 4.78 is 6.17. The van der Waals surface area contributed by atoms with Gasteiger partial charge in [0.25, 0.3) is 0 Å². The average Bonchev–Trinajstić information content (AvgIpc) is 2.73. The van der Waals surface area contributed by atoms with Gasteiger partial charge in [-0.2, -0.15) is 0 Å². The van der Waals surface area contributed by atoms with Crippen molar-refractivity contribution in [3.8, 4) is 0 Å². The number of nitrogens with zero attached hydrogens (tertiary/aromatic N) is 2. The normalized spacial score (nSPS) is 41.4. The Kier molecular flexibility index (Phi) is 2.59. The number of nitrogens with two attached hydrogens (primary N) is 1. The van der Waals surface area contributed by atoms with E-state index >= 15 is 0 Å². The SMILES string of the molecule is Nc1nnc(COC2C3CC4CC(C3)CC2C4)s1. The number of anilines is 1. The maximum Gasteiger partial charge on any atom is 0.203 e. The largest absolute Gasteiger partial charge is 0.374 e. The van der Waals surface area contributed by atoms with Crippen molar-refractivity contribution in [2.75, 3.05) is 5.73 Å². The van der Waals surface area contributed by atoms with Crippen LogP contribution in [0.3, 0.4) is 0 Å². The number of rotatable bonds is 3. The van der Waals surface area contributed by atoms with Crippen LogP contribution in [0, 0.1) is 23.7 Å². The number of aromatic nitrogens is 2. The van der Waals surface area contributed by atoms with Crippen LogP contribution in [0.2, 0.25) is 0 Å². The highest BCUT2D eigenvalue weighted by atomic mass is 32.1. The summed E-state index contributed by atoms with van der Waals surface area (Å²) in [5.74, 6) is 3.63. The Balaban J connectivity index is 1.43. The van der Waals surface area contributed by atoms with Crippen LogP contribution in [0.5, 0.6) is 0 Å². The summed E-state index contributed by atoms with van der Waals surface area (Å²) in [5.41, 5.74) is 5.59. The molecule has 0 aromatic carbocycles. The van der Waals surface area contributed by atoms with Crippen molar-refractivity contribution in [2.45, 2.75) is 44.8 Å². The van der Waals surface area contributed by atoms with Crippen LogP contribution < -0.4 is 5.73 Å². The van der Waals surface area contributed by atoms with Gasteiger partial charge in [-0.1, -0.05) is 11.3 Å². The summed E-state index contributed by atoms with van der Waals surface area (Å²) in [6.45, 7) is 0.599. The molecule has 5 rings (SSSR count). The highest BCUT2D eigenvalue weighted by Crippen LogP contribution is 2.54. The monoisotopic (exact) mass is 265 g/mol. The van der Waals surface area contributed by atoms with Gasteiger partial charge >= 0.3 is 0 Å². The van der Waals surface area contributed by atoms with E-state index in [2.05, 4.69) is 10.2 Å². The molecule has 4 nitrogen and oxygen atoms in total. The van der Waals surface area contributed by atoms with Crippen LogP contribution in [0.4, 0.5) is 5.13 Å². The quantitative estimate of drug-likeness (QED) is 0.912. The zero-order valence-corrected chi connectivity index (χ0v) is 11.2. The van der Waals surface area contributed by atoms with Crippen molar-refractivity contribution in [3.05, 3.63) is 5.01 Å². The maximum atomic E-state index is 6.17. The third-order valence-corrected chi connectivity index (χ3v) is 5.75. The molecule has 0 atom stereocenters. The standard InChI is InChI=1S/C13H19N3OS/c14-13-16-15-11(18-13)6-17-12-9-2-7-1-8(4-9)5-10(12)3-7/h7-10,12H,1-6H2,(H2,14,16). The van der Waals surface area contributed by atoms with Gasteiger partial charge in [0.2, 0.25) is 5.13 Å². The molecule has 4 aliphatic rings. The molecule has 1 heterocycles. The third-order valence-electron chi connectivity index (χ3n) is 5.02. The molecule has 2 N–H and O–H groups in total. The lowest BCUT2D eigenvalue weighted by Gasteiger charge is -2.53. The van der Waals surface area contributed by atoms with Crippen molar-refractivity contribution in [1.29, 1.82) is 0 Å². The van der Waals surface area contributed by atoms with Crippen molar-refractivity contribution in [2.24, 2.45) is 23.7 Å². The number of hydrogen-bond acceptors (Lipinski definition) is 5. The molecular formula is C13H19N3OS. The van der Waals surface area contributed by atoms with Crippen LogP contribution >= 0.6 is 11.3 Å². The average molecular weight is 265 g/mol. The molecule has 4 fully saturated rings. The molecule has 0 unspecified atom stereocenters. The van der Waals surface area contributed by atoms with Crippen molar-refractivity contribution >= 4 is 16.5 Å². The van der Waals surface area contributed by atoms with Crippen LogP contribution in [-0.2, 0) is 11.3 Å². The molecule has 4 saturated carbocycles. The van der Waals surface area contributed by atoms with E-state index in [1.165, 1.54) is 43.4 Å². The number of nitrogen functional groups attached to an aromatic ring is 1. The van der Waals surface area contributed by atoms with Gasteiger partial charge in [-0.15, -0.1) is 10.2 Å². The van der Waals surface area contributed by atoms with E-state index < -0.39 is 0 Å². The minimum Gasteiger partial charge on any atom is -0.374 e. The molecular weight excluding hydrogens is 246 g/mol. The predicted octanol–water partition coefficient (Wildman–Crippen LogP) is 2.46. The Hall–Kier alpha value is -0.680. The minimum atomic E-state index is 0.475. The fourth-order valence-corrected chi connectivity index (χ4v) is 5.17. The highest BCUT2D eigenvalue weighted by molar-refractivity contribution is 7.15. The van der Waals surface area contributed by atoms with E-state index in [1.807, 2.05) is 0 Å². The first-order valence-corrected chi connectivity index (χ1v) is 7.79. The smallest absolute Gasteiger partial charge is 0.203 e. The van der Waals surface area contributed by atoms with Crippen molar-refractivity contribution < 1.29 is 4.74 Å². The lowest BCUT2D eigenvalue weighted by atomic mass is 9.55. The minimum absolute atomic E-state index is 0.475. The molecule has 0 amide bonds. The Morgan fingerprint density at radius 1 is 1.06 bits per heavy atom. The second-order valence-electron chi connectivity index (χ2n) is 6.24. The summed E-state index contributed by atoms with van der Waals surface area (Å²) in [6.07, 6.45) is 7.56. The van der Waals surface area contributed by atoms with Gasteiger partial charge in [-0.05, 0) is 55.8 Å². The van der Waals surface area contributed by atoms with Gasteiger partial charge < -0.3 is 10.5 Å². The van der Waals surface area contributed by atoms with E-state index in [0.29, 0.717) is 17.8 Å². The molecule has 1 aromatic heterocycles. The van der Waals surface area contributed by atoms with Crippen LogP contribution in [-0.4, -0.2) is 16.3 Å². The first-order valence-electron chi connectivity index (χ1n) is 6.97. The van der Waals surface area contributed by atoms with Crippen molar-refractivity contribution in [3.63, 3.8) is 0 Å². The molecule has 5 heteroatoms. The molecule has 18 heavy (non-hydrogen) atoms. The molecule has 0 saturated heterocycles. The molecule has 4 aliphatic carbocycles. The van der Waals surface area contributed by atoms with Gasteiger partial charge in [0, 0.05) is 0 Å². The van der Waals surface area contributed by atoms with Crippen LogP contribution in [0.15, 0.2) is 0 Å². The van der Waals surface area contributed by atoms with Gasteiger partial charge in [0.1, 0.15) is 11.6 Å². The van der Waals surface area contributed by atoms with Crippen LogP contribution in [0.25, 0.3) is 0 Å². The Morgan fingerprint density at radius 2 is 1.72 bits per heavy atom. The zero-order chi connectivity index (χ0) is 12.1. The summed E-state index contributed by atoms with van der Waals surface area (Å²) in [7, 11) is 0. The summed E-state index contributed by atoms with van der Waals surface area (Å²) >= 11 is 1.44. The van der Waals surface area contributed by atoms with Gasteiger partial charge in [-0.3, -0.25) is 0 Å². The summed E-state index contributed by atoms with van der Waals surface area (Å²) in [5, 5.41) is 9.33. The molecule has 0 spiro atoms. The Labute approximate surface area is 111 Å². The number of hydrogen-bond donors (Lipinski definition) is 1. The molecule has 0 radical (unpaired) electrons. The summed E-state index contributed by atoms with van der Waals surface area (Å²) in [6, 6.07) is 0. The fraction of sp³-hybridized carbons (Fsp3) is 0.846. The summed E-state index contributed by atoms with van der Waals surface area (Å²) in [4.78, 5) is 0. The lowest BCUT2D eigenvalue weighted by molar-refractivity contribution is -0.132. The Bertz CT molecular complexity index is 419. The van der Waals surface area contributed by atoms with E-state index in [9.17, 15) is 0 Å². The molecule has 0 aliphatic heterocycles. The molecule has 98 valence electrons. The Morgan fingerprint density at radius 3 is 2.28 bits per heavy atom. The van der Waals surface area contributed by atoms with E-state index in [0.717, 1.165) is 28.7 Å².